The maximum Gasteiger partial charge on any atom is 0.231 e. The van der Waals surface area contributed by atoms with Crippen molar-refractivity contribution in [2.24, 2.45) is 4.99 Å². The zero-order chi connectivity index (χ0) is 22.2. The van der Waals surface area contributed by atoms with Crippen molar-refractivity contribution >= 4 is 5.96 Å². The Hall–Kier alpha value is -3.94. The van der Waals surface area contributed by atoms with E-state index in [1.165, 1.54) is 0 Å². The van der Waals surface area contributed by atoms with E-state index in [1.54, 1.807) is 13.2 Å². The van der Waals surface area contributed by atoms with Gasteiger partial charge in [0.2, 0.25) is 12.7 Å². The Balaban J connectivity index is 1.29. The fourth-order valence-electron chi connectivity index (χ4n) is 3.15. The summed E-state index contributed by atoms with van der Waals surface area (Å²) in [5.41, 5.74) is 2.10. The van der Waals surface area contributed by atoms with Gasteiger partial charge in [-0.3, -0.25) is 4.99 Å². The van der Waals surface area contributed by atoms with Gasteiger partial charge in [-0.1, -0.05) is 6.07 Å². The molecule has 2 heterocycles. The van der Waals surface area contributed by atoms with Crippen molar-refractivity contribution in [1.29, 1.82) is 0 Å². The van der Waals surface area contributed by atoms with Crippen LogP contribution in [0.2, 0.25) is 0 Å². The smallest absolute Gasteiger partial charge is 0.231 e. The third kappa shape index (κ3) is 5.60. The molecular weight excluding hydrogens is 408 g/mol. The summed E-state index contributed by atoms with van der Waals surface area (Å²) in [6, 6.07) is 17.2. The van der Waals surface area contributed by atoms with Gasteiger partial charge in [-0.15, -0.1) is 0 Å². The fraction of sp³-hybridized carbons (Fsp3) is 0.250. The van der Waals surface area contributed by atoms with Crippen molar-refractivity contribution in [3.05, 3.63) is 71.9 Å². The van der Waals surface area contributed by atoms with Gasteiger partial charge < -0.3 is 29.6 Å². The highest BCUT2D eigenvalue weighted by Crippen LogP contribution is 2.32. The molecule has 0 radical (unpaired) electrons. The number of hydrogen-bond donors (Lipinski definition) is 2. The van der Waals surface area contributed by atoms with E-state index in [-0.39, 0.29) is 6.79 Å². The molecule has 8 nitrogen and oxygen atoms in total. The molecule has 4 rings (SSSR count). The molecule has 0 atom stereocenters. The summed E-state index contributed by atoms with van der Waals surface area (Å²) in [7, 11) is 1.74. The van der Waals surface area contributed by atoms with Crippen LogP contribution in [0.3, 0.4) is 0 Å². The van der Waals surface area contributed by atoms with Gasteiger partial charge in [-0.25, -0.2) is 4.98 Å². The number of pyridine rings is 1. The fourth-order valence-corrected chi connectivity index (χ4v) is 3.15. The molecule has 1 aliphatic rings. The molecule has 1 aliphatic heterocycles. The minimum atomic E-state index is 0.270. The zero-order valence-electron chi connectivity index (χ0n) is 18.1. The van der Waals surface area contributed by atoms with Crippen molar-refractivity contribution in [3.8, 4) is 28.9 Å². The van der Waals surface area contributed by atoms with E-state index in [1.807, 2.05) is 61.5 Å². The predicted octanol–water partition coefficient (Wildman–Crippen LogP) is 3.87. The Morgan fingerprint density at radius 3 is 2.41 bits per heavy atom. The summed E-state index contributed by atoms with van der Waals surface area (Å²) in [5, 5.41) is 6.60. The number of rotatable bonds is 8. The summed E-state index contributed by atoms with van der Waals surface area (Å²) in [6.45, 7) is 4.04. The van der Waals surface area contributed by atoms with Crippen LogP contribution in [0, 0.1) is 0 Å². The second-order valence-corrected chi connectivity index (χ2v) is 6.98. The molecule has 0 unspecified atom stereocenters. The molecule has 0 fully saturated rings. The van der Waals surface area contributed by atoms with Crippen LogP contribution < -0.4 is 29.6 Å². The number of aromatic nitrogens is 1. The van der Waals surface area contributed by atoms with Crippen molar-refractivity contribution < 1.29 is 18.9 Å². The molecule has 1 aromatic heterocycles. The first-order valence-corrected chi connectivity index (χ1v) is 10.4. The van der Waals surface area contributed by atoms with Gasteiger partial charge >= 0.3 is 0 Å². The number of aliphatic imine (C=N–C) groups is 1. The van der Waals surface area contributed by atoms with Crippen LogP contribution in [0.1, 0.15) is 18.1 Å². The number of ether oxygens (including phenoxy) is 4. The van der Waals surface area contributed by atoms with E-state index in [4.69, 9.17) is 18.9 Å². The van der Waals surface area contributed by atoms with Gasteiger partial charge in [0.05, 0.1) is 6.61 Å². The molecule has 0 amide bonds. The number of fused-ring (bicyclic) bond motifs is 1. The summed E-state index contributed by atoms with van der Waals surface area (Å²) in [4.78, 5) is 8.58. The van der Waals surface area contributed by atoms with Gasteiger partial charge in [0.15, 0.2) is 17.5 Å². The van der Waals surface area contributed by atoms with Crippen molar-refractivity contribution in [1.82, 2.24) is 15.6 Å². The molecule has 3 aromatic rings. The van der Waals surface area contributed by atoms with Crippen LogP contribution in [0.25, 0.3) is 0 Å². The lowest BCUT2D eigenvalue weighted by Gasteiger charge is -2.13. The largest absolute Gasteiger partial charge is 0.494 e. The van der Waals surface area contributed by atoms with E-state index in [0.717, 1.165) is 28.4 Å². The number of guanidine groups is 1. The SMILES string of the molecule is CCOc1ccc(Oc2cc(CNC(=NC)NCc3ccc4c(c3)OCO4)ccn2)cc1. The first-order valence-electron chi connectivity index (χ1n) is 10.4. The molecule has 0 aliphatic carbocycles. The third-order valence-corrected chi connectivity index (χ3v) is 4.74. The molecule has 2 N–H and O–H groups in total. The molecule has 166 valence electrons. The minimum Gasteiger partial charge on any atom is -0.494 e. The summed E-state index contributed by atoms with van der Waals surface area (Å²) in [5.74, 6) is 4.27. The van der Waals surface area contributed by atoms with Gasteiger partial charge in [-0.2, -0.15) is 0 Å². The van der Waals surface area contributed by atoms with Crippen LogP contribution in [-0.4, -0.2) is 31.4 Å². The Bertz CT molecular complexity index is 1070. The topological polar surface area (TPSA) is 86.2 Å². The highest BCUT2D eigenvalue weighted by atomic mass is 16.7. The van der Waals surface area contributed by atoms with Crippen LogP contribution in [0.5, 0.6) is 28.9 Å². The maximum absolute atomic E-state index is 5.86. The highest BCUT2D eigenvalue weighted by Gasteiger charge is 2.13. The molecule has 0 saturated heterocycles. The number of nitrogens with one attached hydrogen (secondary N) is 2. The summed E-state index contributed by atoms with van der Waals surface area (Å²) >= 11 is 0. The van der Waals surface area contributed by atoms with Crippen molar-refractivity contribution in [3.63, 3.8) is 0 Å². The lowest BCUT2D eigenvalue weighted by atomic mass is 10.2. The van der Waals surface area contributed by atoms with E-state index in [2.05, 4.69) is 20.6 Å². The third-order valence-electron chi connectivity index (χ3n) is 4.74. The summed E-state index contributed by atoms with van der Waals surface area (Å²) in [6.07, 6.45) is 1.73. The monoisotopic (exact) mass is 434 g/mol. The number of benzene rings is 2. The minimum absolute atomic E-state index is 0.270. The standard InChI is InChI=1S/C24H26N4O4/c1-3-29-19-5-7-20(8-6-19)32-23-13-18(10-11-26-23)15-28-24(25-2)27-14-17-4-9-21-22(12-17)31-16-30-21/h4-13H,3,14-16H2,1-2H3,(H2,25,27,28). The Labute approximate surface area is 187 Å². The van der Waals surface area contributed by atoms with E-state index in [0.29, 0.717) is 37.3 Å². The Kier molecular flexibility index (Phi) is 6.91. The van der Waals surface area contributed by atoms with Gasteiger partial charge in [0, 0.05) is 32.4 Å². The average Bonchev–Trinajstić information content (AvgIpc) is 3.29. The highest BCUT2D eigenvalue weighted by molar-refractivity contribution is 5.79. The second-order valence-electron chi connectivity index (χ2n) is 6.98. The predicted molar refractivity (Wildman–Crippen MR) is 122 cm³/mol. The van der Waals surface area contributed by atoms with Crippen molar-refractivity contribution in [2.45, 2.75) is 20.0 Å². The van der Waals surface area contributed by atoms with Gasteiger partial charge in [-0.05, 0) is 60.5 Å². The molecule has 2 aromatic carbocycles. The summed E-state index contributed by atoms with van der Waals surface area (Å²) < 4.78 is 22.1. The molecule has 0 spiro atoms. The van der Waals surface area contributed by atoms with Crippen molar-refractivity contribution in [2.75, 3.05) is 20.4 Å². The van der Waals surface area contributed by atoms with Crippen LogP contribution >= 0.6 is 0 Å². The molecule has 32 heavy (non-hydrogen) atoms. The van der Waals surface area contributed by atoms with E-state index in [9.17, 15) is 0 Å². The zero-order valence-corrected chi connectivity index (χ0v) is 18.1. The van der Waals surface area contributed by atoms with Crippen LogP contribution in [0.15, 0.2) is 65.8 Å². The first kappa shape index (κ1) is 21.3. The second kappa shape index (κ2) is 10.4. The molecule has 0 saturated carbocycles. The van der Waals surface area contributed by atoms with E-state index < -0.39 is 0 Å². The normalized spacial score (nSPS) is 12.4. The molecule has 0 bridgehead atoms. The molecule has 8 heteroatoms. The Morgan fingerprint density at radius 2 is 1.66 bits per heavy atom. The average molecular weight is 434 g/mol. The quantitative estimate of drug-likeness (QED) is 0.411. The lowest BCUT2D eigenvalue weighted by molar-refractivity contribution is 0.174. The maximum atomic E-state index is 5.86. The van der Waals surface area contributed by atoms with Gasteiger partial charge in [0.25, 0.3) is 0 Å². The molecular formula is C24H26N4O4. The number of hydrogen-bond acceptors (Lipinski definition) is 6. The van der Waals surface area contributed by atoms with Gasteiger partial charge in [0.1, 0.15) is 11.5 Å². The van der Waals surface area contributed by atoms with E-state index >= 15 is 0 Å². The van der Waals surface area contributed by atoms with Crippen LogP contribution in [0.4, 0.5) is 0 Å². The number of nitrogens with zero attached hydrogens (tertiary/aromatic N) is 2. The first-order chi connectivity index (χ1) is 15.7. The Morgan fingerprint density at radius 1 is 0.938 bits per heavy atom. The van der Waals surface area contributed by atoms with Crippen LogP contribution in [-0.2, 0) is 13.1 Å². The lowest BCUT2D eigenvalue weighted by Crippen LogP contribution is -2.36.